The first-order valence-electron chi connectivity index (χ1n) is 14.3. The second kappa shape index (κ2) is 13.0. The highest BCUT2D eigenvalue weighted by atomic mass is 16.5. The lowest BCUT2D eigenvalue weighted by Gasteiger charge is -2.27. The molecular formula is C32H40N6O2. The molecule has 1 aromatic heterocycles. The Morgan fingerprint density at radius 2 is 1.90 bits per heavy atom. The van der Waals surface area contributed by atoms with Gasteiger partial charge in [-0.2, -0.15) is 0 Å². The molecule has 1 unspecified atom stereocenters. The number of rotatable bonds is 11. The van der Waals surface area contributed by atoms with Crippen LogP contribution in [0.5, 0.6) is 11.5 Å². The van der Waals surface area contributed by atoms with Crippen LogP contribution in [-0.2, 0) is 6.42 Å². The Morgan fingerprint density at radius 1 is 1.10 bits per heavy atom. The first-order valence-corrected chi connectivity index (χ1v) is 14.3. The number of nitrogens with one attached hydrogen (secondary N) is 3. The van der Waals surface area contributed by atoms with Gasteiger partial charge in [0.25, 0.3) is 0 Å². The molecule has 8 nitrogen and oxygen atoms in total. The molecule has 2 heterocycles. The number of ether oxygens (including phenoxy) is 2. The maximum absolute atomic E-state index is 8.91. The first-order chi connectivity index (χ1) is 19.6. The van der Waals surface area contributed by atoms with Crippen LogP contribution in [0, 0.1) is 5.41 Å². The van der Waals surface area contributed by atoms with Gasteiger partial charge in [0.2, 0.25) is 5.95 Å². The van der Waals surface area contributed by atoms with Crippen LogP contribution < -0.4 is 20.1 Å². The summed E-state index contributed by atoms with van der Waals surface area (Å²) < 4.78 is 11.7. The molecule has 3 N–H and O–H groups in total. The lowest BCUT2D eigenvalue weighted by atomic mass is 9.83. The van der Waals surface area contributed by atoms with Crippen molar-refractivity contribution in [1.29, 1.82) is 5.41 Å². The van der Waals surface area contributed by atoms with Crippen LogP contribution in [0.4, 0.5) is 11.6 Å². The molecule has 5 rings (SSSR count). The van der Waals surface area contributed by atoms with Gasteiger partial charge in [-0.15, -0.1) is 0 Å². The number of likely N-dealkylation sites (tertiary alicyclic amines) is 1. The van der Waals surface area contributed by atoms with E-state index in [4.69, 9.17) is 19.9 Å². The number of allylic oxidation sites excluding steroid dienone is 2. The second-order valence-corrected chi connectivity index (χ2v) is 10.3. The van der Waals surface area contributed by atoms with E-state index in [1.807, 2.05) is 37.5 Å². The molecule has 40 heavy (non-hydrogen) atoms. The van der Waals surface area contributed by atoms with Crippen molar-refractivity contribution in [3.05, 3.63) is 77.2 Å². The van der Waals surface area contributed by atoms with E-state index in [9.17, 15) is 0 Å². The van der Waals surface area contributed by atoms with E-state index in [1.54, 1.807) is 7.11 Å². The number of benzene rings is 2. The number of hydrogen-bond acceptors (Lipinski definition) is 8. The van der Waals surface area contributed by atoms with Gasteiger partial charge in [-0.25, -0.2) is 9.97 Å². The summed E-state index contributed by atoms with van der Waals surface area (Å²) in [5.74, 6) is 2.04. The molecule has 1 fully saturated rings. The van der Waals surface area contributed by atoms with Gasteiger partial charge in [-0.3, -0.25) is 4.90 Å². The van der Waals surface area contributed by atoms with Crippen molar-refractivity contribution < 1.29 is 9.47 Å². The third-order valence-corrected chi connectivity index (χ3v) is 7.84. The number of methoxy groups -OCH3 is 1. The fourth-order valence-electron chi connectivity index (χ4n) is 5.73. The third kappa shape index (κ3) is 6.12. The van der Waals surface area contributed by atoms with Crippen molar-refractivity contribution in [1.82, 2.24) is 20.2 Å². The van der Waals surface area contributed by atoms with E-state index in [0.717, 1.165) is 66.4 Å². The Labute approximate surface area is 237 Å². The van der Waals surface area contributed by atoms with E-state index in [-0.39, 0.29) is 5.92 Å². The summed E-state index contributed by atoms with van der Waals surface area (Å²) in [5, 5.41) is 15.7. The van der Waals surface area contributed by atoms with Crippen molar-refractivity contribution in [3.63, 3.8) is 0 Å². The normalized spacial score (nSPS) is 17.2. The summed E-state index contributed by atoms with van der Waals surface area (Å²) in [5.41, 5.74) is 6.35. The van der Waals surface area contributed by atoms with E-state index in [2.05, 4.69) is 51.7 Å². The summed E-state index contributed by atoms with van der Waals surface area (Å²) in [7, 11) is 3.59. The van der Waals surface area contributed by atoms with Crippen LogP contribution in [0.1, 0.15) is 55.3 Å². The Hall–Kier alpha value is -3.91. The lowest BCUT2D eigenvalue weighted by Crippen LogP contribution is -2.25. The number of fused-ring (bicyclic) bond motifs is 1. The Kier molecular flexibility index (Phi) is 8.96. The third-order valence-electron chi connectivity index (χ3n) is 7.84. The molecule has 0 bridgehead atoms. The van der Waals surface area contributed by atoms with Crippen molar-refractivity contribution in [2.45, 2.75) is 44.9 Å². The summed E-state index contributed by atoms with van der Waals surface area (Å²) in [4.78, 5) is 12.0. The average molecular weight is 541 g/mol. The molecule has 1 aliphatic heterocycles. The average Bonchev–Trinajstić information content (AvgIpc) is 3.51. The van der Waals surface area contributed by atoms with E-state index in [0.29, 0.717) is 30.4 Å². The van der Waals surface area contributed by atoms with Gasteiger partial charge in [0.15, 0.2) is 0 Å². The number of likely N-dealkylation sites (N-methyl/N-ethyl adjacent to an activating group) is 1. The smallest absolute Gasteiger partial charge is 0.227 e. The summed E-state index contributed by atoms with van der Waals surface area (Å²) in [6.45, 7) is 6.10. The molecule has 2 aliphatic rings. The van der Waals surface area contributed by atoms with E-state index < -0.39 is 0 Å². The number of aryl methyl sites for hydroxylation is 1. The molecule has 3 aromatic rings. The maximum atomic E-state index is 8.91. The van der Waals surface area contributed by atoms with Gasteiger partial charge in [-0.1, -0.05) is 37.3 Å². The summed E-state index contributed by atoms with van der Waals surface area (Å²) in [6, 6.07) is 16.3. The van der Waals surface area contributed by atoms with Gasteiger partial charge in [0.1, 0.15) is 18.1 Å². The Morgan fingerprint density at radius 3 is 2.62 bits per heavy atom. The van der Waals surface area contributed by atoms with Crippen LogP contribution in [0.2, 0.25) is 0 Å². The molecule has 0 amide bonds. The lowest BCUT2D eigenvalue weighted by molar-refractivity contribution is 0.237. The topological polar surface area (TPSA) is 95.4 Å². The first kappa shape index (κ1) is 27.6. The van der Waals surface area contributed by atoms with Gasteiger partial charge in [-0.05, 0) is 68.5 Å². The molecule has 8 heteroatoms. The van der Waals surface area contributed by atoms with Gasteiger partial charge < -0.3 is 25.5 Å². The fraction of sp³-hybridized carbons (Fsp3) is 0.406. The molecule has 2 aromatic carbocycles. The standard InChI is InChI=1S/C32H40N6O2/c1-4-25(22-10-6-5-7-11-22)31(34-2)29-26(33)14-12-23-21-35-32(37-30(23)29)36-27-15-13-24(20-28(27)39-3)40-19-18-38-16-8-9-17-38/h5-7,10-11,13,15,20-21,25,33-34H,4,8-9,12,14,16-19H2,1-3H3,(H,35,36,37)/b31-29+,33-26?. The zero-order valence-corrected chi connectivity index (χ0v) is 23.8. The fourth-order valence-corrected chi connectivity index (χ4v) is 5.73. The van der Waals surface area contributed by atoms with Crippen LogP contribution in [0.3, 0.4) is 0 Å². The predicted molar refractivity (Wildman–Crippen MR) is 161 cm³/mol. The van der Waals surface area contributed by atoms with Gasteiger partial charge >= 0.3 is 0 Å². The van der Waals surface area contributed by atoms with Crippen LogP contribution in [0.25, 0.3) is 5.57 Å². The number of nitrogens with zero attached hydrogens (tertiary/aromatic N) is 3. The minimum absolute atomic E-state index is 0.136. The number of aromatic nitrogens is 2. The Balaban J connectivity index is 1.41. The molecular weight excluding hydrogens is 500 g/mol. The maximum Gasteiger partial charge on any atom is 0.227 e. The zero-order valence-electron chi connectivity index (χ0n) is 23.8. The van der Waals surface area contributed by atoms with Crippen molar-refractivity contribution in [3.8, 4) is 11.5 Å². The zero-order chi connectivity index (χ0) is 27.9. The highest BCUT2D eigenvalue weighted by Gasteiger charge is 2.28. The molecule has 0 saturated carbocycles. The summed E-state index contributed by atoms with van der Waals surface area (Å²) >= 11 is 0. The molecule has 1 saturated heterocycles. The number of anilines is 2. The van der Waals surface area contributed by atoms with Crippen LogP contribution >= 0.6 is 0 Å². The van der Waals surface area contributed by atoms with E-state index in [1.165, 1.54) is 18.4 Å². The highest BCUT2D eigenvalue weighted by molar-refractivity contribution is 6.24. The summed E-state index contributed by atoms with van der Waals surface area (Å²) in [6.07, 6.45) is 6.77. The van der Waals surface area contributed by atoms with Crippen molar-refractivity contribution in [2.24, 2.45) is 0 Å². The monoisotopic (exact) mass is 540 g/mol. The number of hydrogen-bond donors (Lipinski definition) is 3. The molecule has 0 radical (unpaired) electrons. The largest absolute Gasteiger partial charge is 0.494 e. The van der Waals surface area contributed by atoms with Gasteiger partial charge in [0, 0.05) is 48.8 Å². The quantitative estimate of drug-likeness (QED) is 0.283. The molecule has 1 atom stereocenters. The SMILES string of the molecule is CCC(/C(NC)=C1/C(=N)CCc2cnc(Nc3ccc(OCCN4CCCC4)cc3OC)nc21)c1ccccc1. The van der Waals surface area contributed by atoms with Crippen molar-refractivity contribution in [2.75, 3.05) is 45.7 Å². The van der Waals surface area contributed by atoms with E-state index >= 15 is 0 Å². The minimum atomic E-state index is 0.136. The molecule has 210 valence electrons. The predicted octanol–water partition coefficient (Wildman–Crippen LogP) is 5.79. The minimum Gasteiger partial charge on any atom is -0.494 e. The Bertz CT molecular complexity index is 1350. The van der Waals surface area contributed by atoms with Gasteiger partial charge in [0.05, 0.1) is 18.5 Å². The van der Waals surface area contributed by atoms with Crippen molar-refractivity contribution >= 4 is 22.9 Å². The van der Waals surface area contributed by atoms with Crippen LogP contribution in [-0.4, -0.2) is 61.0 Å². The second-order valence-electron chi connectivity index (χ2n) is 10.3. The van der Waals surface area contributed by atoms with Crippen LogP contribution in [0.15, 0.2) is 60.4 Å². The molecule has 1 aliphatic carbocycles. The highest BCUT2D eigenvalue weighted by Crippen LogP contribution is 2.37. The molecule has 0 spiro atoms.